The lowest BCUT2D eigenvalue weighted by molar-refractivity contribution is 0.261. The van der Waals surface area contributed by atoms with Gasteiger partial charge in [-0.3, -0.25) is 4.31 Å². The smallest absolute Gasteiger partial charge is 0.239 e. The van der Waals surface area contributed by atoms with E-state index in [9.17, 15) is 8.42 Å². The zero-order valence-electron chi connectivity index (χ0n) is 13.8. The molecule has 0 amide bonds. The Kier molecular flexibility index (Phi) is 4.78. The van der Waals surface area contributed by atoms with Crippen molar-refractivity contribution >= 4 is 15.7 Å². The third kappa shape index (κ3) is 3.88. The summed E-state index contributed by atoms with van der Waals surface area (Å²) < 4.78 is 37.6. The van der Waals surface area contributed by atoms with Crippen molar-refractivity contribution in [1.82, 2.24) is 0 Å². The first kappa shape index (κ1) is 16.8. The molecule has 0 N–H and O–H groups in total. The predicted molar refractivity (Wildman–Crippen MR) is 93.9 cm³/mol. The minimum atomic E-state index is -3.47. The summed E-state index contributed by atoms with van der Waals surface area (Å²) in [5.74, 6) is 0.641. The van der Waals surface area contributed by atoms with Crippen molar-refractivity contribution in [3.8, 4) is 5.75 Å². The van der Waals surface area contributed by atoms with Gasteiger partial charge in [0, 0.05) is 7.05 Å². The molecule has 24 heavy (non-hydrogen) atoms. The van der Waals surface area contributed by atoms with E-state index in [1.807, 2.05) is 43.3 Å². The SMILES string of the molecule is Cc1c(CS(=O)(=O)N(C)c2ccccc2)cccc1OCC1CO1. The van der Waals surface area contributed by atoms with E-state index in [0.717, 1.165) is 17.7 Å². The lowest BCUT2D eigenvalue weighted by Crippen LogP contribution is -2.28. The number of anilines is 1. The van der Waals surface area contributed by atoms with Gasteiger partial charge in [0.2, 0.25) is 10.0 Å². The first-order chi connectivity index (χ1) is 11.5. The van der Waals surface area contributed by atoms with Gasteiger partial charge in [-0.25, -0.2) is 8.42 Å². The second-order valence-corrected chi connectivity index (χ2v) is 7.87. The Morgan fingerprint density at radius 3 is 2.54 bits per heavy atom. The quantitative estimate of drug-likeness (QED) is 0.723. The van der Waals surface area contributed by atoms with Gasteiger partial charge in [-0.1, -0.05) is 30.3 Å². The Bertz CT molecular complexity index is 801. The van der Waals surface area contributed by atoms with Crippen LogP contribution in [0.25, 0.3) is 0 Å². The van der Waals surface area contributed by atoms with E-state index in [1.54, 1.807) is 19.2 Å². The molecule has 1 aliphatic rings. The molecule has 1 saturated heterocycles. The number of hydrogen-bond acceptors (Lipinski definition) is 4. The second kappa shape index (κ2) is 6.83. The molecule has 128 valence electrons. The van der Waals surface area contributed by atoms with Crippen LogP contribution in [0.2, 0.25) is 0 Å². The van der Waals surface area contributed by atoms with Crippen molar-refractivity contribution in [2.75, 3.05) is 24.6 Å². The normalized spacial score (nSPS) is 16.7. The lowest BCUT2D eigenvalue weighted by atomic mass is 10.1. The van der Waals surface area contributed by atoms with Gasteiger partial charge in [-0.2, -0.15) is 0 Å². The molecule has 5 nitrogen and oxygen atoms in total. The standard InChI is InChI=1S/C18H21NO4S/c1-14-15(7-6-10-18(14)23-12-17-11-22-17)13-24(20,21)19(2)16-8-4-3-5-9-16/h3-10,17H,11-13H2,1-2H3. The van der Waals surface area contributed by atoms with Crippen LogP contribution in [-0.2, 0) is 20.5 Å². The maximum absolute atomic E-state index is 12.7. The predicted octanol–water partition coefficient (Wildman–Crippen LogP) is 2.74. The number of ether oxygens (including phenoxy) is 2. The number of para-hydroxylation sites is 1. The highest BCUT2D eigenvalue weighted by Crippen LogP contribution is 2.26. The van der Waals surface area contributed by atoms with Crippen LogP contribution in [0.15, 0.2) is 48.5 Å². The van der Waals surface area contributed by atoms with Crippen LogP contribution in [0.3, 0.4) is 0 Å². The summed E-state index contributed by atoms with van der Waals surface area (Å²) in [7, 11) is -1.90. The number of sulfonamides is 1. The van der Waals surface area contributed by atoms with E-state index < -0.39 is 10.0 Å². The number of hydrogen-bond donors (Lipinski definition) is 0. The maximum atomic E-state index is 12.7. The Hall–Kier alpha value is -2.05. The molecule has 2 aromatic carbocycles. The average molecular weight is 347 g/mol. The Balaban J connectivity index is 1.77. The molecule has 6 heteroatoms. The summed E-state index contributed by atoms with van der Waals surface area (Å²) in [5.41, 5.74) is 2.24. The van der Waals surface area contributed by atoms with E-state index in [4.69, 9.17) is 9.47 Å². The summed E-state index contributed by atoms with van der Waals surface area (Å²) in [6.45, 7) is 3.12. The minimum Gasteiger partial charge on any atom is -0.491 e. The molecule has 0 saturated carbocycles. The molecule has 1 heterocycles. The summed E-state index contributed by atoms with van der Waals surface area (Å²) in [4.78, 5) is 0. The maximum Gasteiger partial charge on any atom is 0.239 e. The lowest BCUT2D eigenvalue weighted by Gasteiger charge is -2.20. The van der Waals surface area contributed by atoms with E-state index in [0.29, 0.717) is 18.0 Å². The van der Waals surface area contributed by atoms with Gasteiger partial charge in [-0.15, -0.1) is 0 Å². The number of benzene rings is 2. The fourth-order valence-corrected chi connectivity index (χ4v) is 3.75. The highest BCUT2D eigenvalue weighted by Gasteiger charge is 2.24. The summed E-state index contributed by atoms with van der Waals surface area (Å²) in [6, 6.07) is 14.6. The van der Waals surface area contributed by atoms with E-state index in [1.165, 1.54) is 4.31 Å². The number of epoxide rings is 1. The molecule has 0 bridgehead atoms. The van der Waals surface area contributed by atoms with Crippen LogP contribution in [0.1, 0.15) is 11.1 Å². The Morgan fingerprint density at radius 1 is 1.17 bits per heavy atom. The van der Waals surface area contributed by atoms with Crippen molar-refractivity contribution in [1.29, 1.82) is 0 Å². The van der Waals surface area contributed by atoms with Crippen molar-refractivity contribution in [3.63, 3.8) is 0 Å². The van der Waals surface area contributed by atoms with Crippen molar-refractivity contribution in [2.45, 2.75) is 18.8 Å². The van der Waals surface area contributed by atoms with Crippen molar-refractivity contribution < 1.29 is 17.9 Å². The molecule has 0 radical (unpaired) electrons. The van der Waals surface area contributed by atoms with E-state index >= 15 is 0 Å². The van der Waals surface area contributed by atoms with E-state index in [-0.39, 0.29) is 11.9 Å². The fourth-order valence-electron chi connectivity index (χ4n) is 2.41. The third-order valence-electron chi connectivity index (χ3n) is 4.10. The fraction of sp³-hybridized carbons (Fsp3) is 0.333. The Morgan fingerprint density at radius 2 is 1.88 bits per heavy atom. The van der Waals surface area contributed by atoms with Gasteiger partial charge < -0.3 is 9.47 Å². The highest BCUT2D eigenvalue weighted by molar-refractivity contribution is 7.92. The van der Waals surface area contributed by atoms with Gasteiger partial charge in [0.25, 0.3) is 0 Å². The molecule has 3 rings (SSSR count). The van der Waals surface area contributed by atoms with Gasteiger partial charge in [0.15, 0.2) is 0 Å². The molecular formula is C18H21NO4S. The Labute approximate surface area is 142 Å². The summed E-state index contributed by atoms with van der Waals surface area (Å²) in [6.07, 6.45) is 0.168. The average Bonchev–Trinajstić information content (AvgIpc) is 3.40. The second-order valence-electron chi connectivity index (χ2n) is 5.87. The molecule has 0 spiro atoms. The van der Waals surface area contributed by atoms with Crippen LogP contribution in [0.5, 0.6) is 5.75 Å². The van der Waals surface area contributed by atoms with Gasteiger partial charge in [-0.05, 0) is 36.2 Å². The minimum absolute atomic E-state index is 0.0681. The molecule has 0 aromatic heterocycles. The molecule has 1 aliphatic heterocycles. The zero-order valence-corrected chi connectivity index (χ0v) is 14.6. The summed E-state index contributed by atoms with van der Waals surface area (Å²) >= 11 is 0. The van der Waals surface area contributed by atoms with Crippen LogP contribution in [0.4, 0.5) is 5.69 Å². The van der Waals surface area contributed by atoms with Crippen LogP contribution in [0, 0.1) is 6.92 Å². The topological polar surface area (TPSA) is 59.1 Å². The highest BCUT2D eigenvalue weighted by atomic mass is 32.2. The van der Waals surface area contributed by atoms with Crippen LogP contribution in [-0.4, -0.2) is 34.8 Å². The first-order valence-corrected chi connectivity index (χ1v) is 9.43. The summed E-state index contributed by atoms with van der Waals surface area (Å²) in [5, 5.41) is 0. The molecule has 0 aliphatic carbocycles. The van der Waals surface area contributed by atoms with Gasteiger partial charge >= 0.3 is 0 Å². The van der Waals surface area contributed by atoms with Crippen molar-refractivity contribution in [3.05, 3.63) is 59.7 Å². The molecule has 1 atom stereocenters. The molecule has 2 aromatic rings. The number of rotatable bonds is 7. The van der Waals surface area contributed by atoms with Crippen molar-refractivity contribution in [2.24, 2.45) is 0 Å². The largest absolute Gasteiger partial charge is 0.491 e. The monoisotopic (exact) mass is 347 g/mol. The zero-order chi connectivity index (χ0) is 17.2. The van der Waals surface area contributed by atoms with Gasteiger partial charge in [0.05, 0.1) is 18.0 Å². The van der Waals surface area contributed by atoms with Crippen LogP contribution < -0.4 is 9.04 Å². The molecule has 1 fully saturated rings. The van der Waals surface area contributed by atoms with Crippen LogP contribution >= 0.6 is 0 Å². The first-order valence-electron chi connectivity index (χ1n) is 7.82. The van der Waals surface area contributed by atoms with Gasteiger partial charge in [0.1, 0.15) is 18.5 Å². The third-order valence-corrected chi connectivity index (χ3v) is 5.82. The number of nitrogens with zero attached hydrogens (tertiary/aromatic N) is 1. The van der Waals surface area contributed by atoms with E-state index in [2.05, 4.69) is 0 Å². The molecular weight excluding hydrogens is 326 g/mol. The molecule has 1 unspecified atom stereocenters.